The first-order chi connectivity index (χ1) is 18.2. The number of hydrogen-bond acceptors (Lipinski definition) is 5. The molecule has 2 N–H and O–H groups in total. The second-order valence-corrected chi connectivity index (χ2v) is 9.62. The number of aromatic nitrogens is 3. The molecule has 1 aliphatic rings. The van der Waals surface area contributed by atoms with E-state index in [2.05, 4.69) is 25.6 Å². The van der Waals surface area contributed by atoms with Gasteiger partial charge in [0.05, 0.1) is 11.1 Å². The molecule has 10 heteroatoms. The monoisotopic (exact) mass is 529 g/mol. The lowest BCUT2D eigenvalue weighted by atomic mass is 9.78. The topological polar surface area (TPSA) is 79.8 Å². The van der Waals surface area contributed by atoms with Gasteiger partial charge in [0, 0.05) is 25.9 Å². The van der Waals surface area contributed by atoms with Gasteiger partial charge in [-0.25, -0.2) is 9.37 Å². The van der Waals surface area contributed by atoms with Gasteiger partial charge in [0.25, 0.3) is 0 Å². The third kappa shape index (κ3) is 7.05. The molecule has 2 aromatic carbocycles. The number of alkyl halides is 3. The van der Waals surface area contributed by atoms with Crippen molar-refractivity contribution in [1.82, 2.24) is 20.3 Å². The molecular formula is C28H31F4N5O. The predicted octanol–water partition coefficient (Wildman–Crippen LogP) is 6.18. The van der Waals surface area contributed by atoms with Gasteiger partial charge in [-0.1, -0.05) is 43.2 Å². The molecule has 1 unspecified atom stereocenters. The molecule has 6 nitrogen and oxygen atoms in total. The molecule has 1 aliphatic carbocycles. The minimum Gasteiger partial charge on any atom is -0.357 e. The summed E-state index contributed by atoms with van der Waals surface area (Å²) < 4.78 is 54.0. The highest BCUT2D eigenvalue weighted by Gasteiger charge is 2.33. The quantitative estimate of drug-likeness (QED) is 0.324. The number of carbonyl (C=O) groups excluding carboxylic acids is 1. The summed E-state index contributed by atoms with van der Waals surface area (Å²) in [7, 11) is 1.69. The Bertz CT molecular complexity index is 1250. The Morgan fingerprint density at radius 3 is 2.55 bits per heavy atom. The maximum Gasteiger partial charge on any atom is 0.416 e. The largest absolute Gasteiger partial charge is 0.416 e. The molecule has 0 bridgehead atoms. The van der Waals surface area contributed by atoms with Gasteiger partial charge in [0.15, 0.2) is 5.82 Å². The van der Waals surface area contributed by atoms with E-state index in [1.165, 1.54) is 18.2 Å². The van der Waals surface area contributed by atoms with Crippen LogP contribution in [-0.2, 0) is 23.9 Å². The number of halogens is 4. The van der Waals surface area contributed by atoms with E-state index in [1.807, 2.05) is 0 Å². The molecule has 1 amide bonds. The van der Waals surface area contributed by atoms with Crippen LogP contribution in [0.15, 0.2) is 48.5 Å². The van der Waals surface area contributed by atoms with Crippen LogP contribution in [0.1, 0.15) is 55.5 Å². The summed E-state index contributed by atoms with van der Waals surface area (Å²) in [5.41, 5.74) is -0.347. The van der Waals surface area contributed by atoms with Crippen LogP contribution in [0.3, 0.4) is 0 Å². The van der Waals surface area contributed by atoms with E-state index < -0.39 is 17.6 Å². The van der Waals surface area contributed by atoms with Crippen molar-refractivity contribution in [3.8, 4) is 11.4 Å². The molecule has 202 valence electrons. The normalized spacial score (nSPS) is 17.7. The number of amides is 1. The van der Waals surface area contributed by atoms with Gasteiger partial charge >= 0.3 is 6.18 Å². The molecule has 1 heterocycles. The highest BCUT2D eigenvalue weighted by atomic mass is 19.4. The minimum atomic E-state index is -4.46. The number of hydrogen-bond donors (Lipinski definition) is 2. The fraction of sp³-hybridized carbons (Fsp3) is 0.429. The van der Waals surface area contributed by atoms with Crippen LogP contribution in [0.4, 0.5) is 23.5 Å². The summed E-state index contributed by atoms with van der Waals surface area (Å²) in [5.74, 6) is 0.730. The highest BCUT2D eigenvalue weighted by molar-refractivity contribution is 5.78. The lowest BCUT2D eigenvalue weighted by molar-refractivity contribution is -0.138. The number of rotatable bonds is 9. The van der Waals surface area contributed by atoms with Crippen molar-refractivity contribution in [3.63, 3.8) is 0 Å². The Kier molecular flexibility index (Phi) is 8.91. The molecule has 38 heavy (non-hydrogen) atoms. The van der Waals surface area contributed by atoms with Crippen LogP contribution >= 0.6 is 0 Å². The maximum absolute atomic E-state index is 14.3. The fourth-order valence-corrected chi connectivity index (χ4v) is 5.02. The van der Waals surface area contributed by atoms with Gasteiger partial charge in [0.2, 0.25) is 11.9 Å². The third-order valence-corrected chi connectivity index (χ3v) is 6.96. The number of benzene rings is 2. The predicted molar refractivity (Wildman–Crippen MR) is 136 cm³/mol. The van der Waals surface area contributed by atoms with Gasteiger partial charge in [-0.15, -0.1) is 0 Å². The molecule has 0 radical (unpaired) electrons. The van der Waals surface area contributed by atoms with Gasteiger partial charge in [-0.2, -0.15) is 23.1 Å². The van der Waals surface area contributed by atoms with Gasteiger partial charge in [-0.3, -0.25) is 4.79 Å². The Hall–Kier alpha value is -3.56. The molecule has 1 aromatic heterocycles. The molecule has 3 aromatic rings. The summed E-state index contributed by atoms with van der Waals surface area (Å²) in [6.45, 7) is -0.146. The number of anilines is 1. The van der Waals surface area contributed by atoms with Crippen LogP contribution in [-0.4, -0.2) is 27.9 Å². The van der Waals surface area contributed by atoms with E-state index in [0.29, 0.717) is 36.1 Å². The molecular weight excluding hydrogens is 498 g/mol. The SMILES string of the molecule is CNc1nc(CCCC2CCC[C@H](C(=O)NCc3ccccc3C(F)(F)F)C2)nc(-c2ccccc2F)n1. The number of nitrogens with zero attached hydrogens (tertiary/aromatic N) is 3. The van der Waals surface area contributed by atoms with E-state index >= 15 is 0 Å². The molecule has 1 saturated carbocycles. The zero-order valence-corrected chi connectivity index (χ0v) is 21.2. The summed E-state index contributed by atoms with van der Waals surface area (Å²) in [6, 6.07) is 11.6. The van der Waals surface area contributed by atoms with Crippen molar-refractivity contribution in [2.75, 3.05) is 12.4 Å². The smallest absolute Gasteiger partial charge is 0.357 e. The van der Waals surface area contributed by atoms with Crippen molar-refractivity contribution >= 4 is 11.9 Å². The summed E-state index contributed by atoms with van der Waals surface area (Å²) >= 11 is 0. The molecule has 2 atom stereocenters. The number of aryl methyl sites for hydroxylation is 1. The molecule has 0 spiro atoms. The maximum atomic E-state index is 14.3. The molecule has 1 fully saturated rings. The van der Waals surface area contributed by atoms with Crippen LogP contribution in [0, 0.1) is 17.7 Å². The van der Waals surface area contributed by atoms with E-state index in [9.17, 15) is 22.4 Å². The second kappa shape index (κ2) is 12.3. The third-order valence-electron chi connectivity index (χ3n) is 6.96. The second-order valence-electron chi connectivity index (χ2n) is 9.62. The van der Waals surface area contributed by atoms with Gasteiger partial charge in [0.1, 0.15) is 11.6 Å². The van der Waals surface area contributed by atoms with Crippen molar-refractivity contribution in [3.05, 3.63) is 71.3 Å². The van der Waals surface area contributed by atoms with Crippen LogP contribution in [0.2, 0.25) is 0 Å². The van der Waals surface area contributed by atoms with Gasteiger partial charge < -0.3 is 10.6 Å². The van der Waals surface area contributed by atoms with Crippen molar-refractivity contribution in [1.29, 1.82) is 0 Å². The lowest BCUT2D eigenvalue weighted by Crippen LogP contribution is -2.34. The Morgan fingerprint density at radius 1 is 1.03 bits per heavy atom. The zero-order valence-electron chi connectivity index (χ0n) is 21.2. The Morgan fingerprint density at radius 2 is 1.79 bits per heavy atom. The summed E-state index contributed by atoms with van der Waals surface area (Å²) in [5, 5.41) is 5.62. The van der Waals surface area contributed by atoms with E-state index in [4.69, 9.17) is 0 Å². The van der Waals surface area contributed by atoms with Gasteiger partial charge in [-0.05, 0) is 55.4 Å². The van der Waals surface area contributed by atoms with Crippen molar-refractivity contribution in [2.24, 2.45) is 11.8 Å². The number of carbonyl (C=O) groups is 1. The molecule has 0 aliphatic heterocycles. The first-order valence-corrected chi connectivity index (χ1v) is 12.8. The van der Waals surface area contributed by atoms with E-state index in [0.717, 1.165) is 38.2 Å². The Labute approximate surface area is 219 Å². The van der Waals surface area contributed by atoms with Crippen LogP contribution in [0.5, 0.6) is 0 Å². The minimum absolute atomic E-state index is 0.0637. The average Bonchev–Trinajstić information content (AvgIpc) is 2.91. The first-order valence-electron chi connectivity index (χ1n) is 12.8. The Balaban J connectivity index is 1.31. The van der Waals surface area contributed by atoms with Crippen LogP contribution in [0.25, 0.3) is 11.4 Å². The lowest BCUT2D eigenvalue weighted by Gasteiger charge is -2.28. The standard InChI is InChI=1S/C28H31F4N5O/c1-33-27-36-24(35-25(37-27)21-12-3-5-14-23(21)29)15-7-9-18-8-6-11-19(16-18)26(38)34-17-20-10-2-4-13-22(20)28(30,31)32/h2-5,10,12-14,18-19H,6-9,11,15-17H2,1H3,(H,34,38)(H,33,35,36,37)/t18?,19-/m0/s1. The molecule has 4 rings (SSSR count). The van der Waals surface area contributed by atoms with Crippen molar-refractivity contribution < 1.29 is 22.4 Å². The summed E-state index contributed by atoms with van der Waals surface area (Å²) in [6.07, 6.45) is 1.12. The van der Waals surface area contributed by atoms with Crippen molar-refractivity contribution in [2.45, 2.75) is 57.7 Å². The molecule has 0 saturated heterocycles. The fourth-order valence-electron chi connectivity index (χ4n) is 5.02. The van der Waals surface area contributed by atoms with Crippen LogP contribution < -0.4 is 10.6 Å². The van der Waals surface area contributed by atoms with E-state index in [-0.39, 0.29) is 29.8 Å². The average molecular weight is 530 g/mol. The highest BCUT2D eigenvalue weighted by Crippen LogP contribution is 2.34. The summed E-state index contributed by atoms with van der Waals surface area (Å²) in [4.78, 5) is 26.0. The number of nitrogens with one attached hydrogen (secondary N) is 2. The zero-order chi connectivity index (χ0) is 27.1. The van der Waals surface area contributed by atoms with E-state index in [1.54, 1.807) is 31.3 Å². The first kappa shape index (κ1) is 27.5.